The summed E-state index contributed by atoms with van der Waals surface area (Å²) in [7, 11) is 0. The number of carboxylic acids is 1. The molecule has 4 fully saturated rings. The van der Waals surface area contributed by atoms with Gasteiger partial charge in [0.2, 0.25) is 0 Å². The molecule has 0 radical (unpaired) electrons. The Balaban J connectivity index is 1.94. The van der Waals surface area contributed by atoms with E-state index in [1.165, 1.54) is 6.08 Å². The molecular formula is C12H16O3. The van der Waals surface area contributed by atoms with Crippen molar-refractivity contribution in [2.75, 3.05) is 0 Å². The molecule has 4 aliphatic carbocycles. The molecule has 0 aromatic rings. The van der Waals surface area contributed by atoms with Crippen LogP contribution in [0.3, 0.4) is 0 Å². The summed E-state index contributed by atoms with van der Waals surface area (Å²) in [4.78, 5) is 10.7. The second-order valence-electron chi connectivity index (χ2n) is 5.55. The lowest BCUT2D eigenvalue weighted by molar-refractivity contribution is -0.132. The van der Waals surface area contributed by atoms with Gasteiger partial charge in [0.1, 0.15) is 0 Å². The van der Waals surface area contributed by atoms with E-state index in [-0.39, 0.29) is 0 Å². The number of aliphatic carboxylic acids is 1. The fourth-order valence-electron chi connectivity index (χ4n) is 4.16. The van der Waals surface area contributed by atoms with Crippen LogP contribution in [0.1, 0.15) is 32.1 Å². The minimum atomic E-state index is -0.829. The fraction of sp³-hybridized carbons (Fsp3) is 0.750. The van der Waals surface area contributed by atoms with Crippen molar-refractivity contribution in [3.05, 3.63) is 11.6 Å². The molecule has 2 atom stereocenters. The van der Waals surface area contributed by atoms with Crippen LogP contribution in [0.2, 0.25) is 0 Å². The van der Waals surface area contributed by atoms with Crippen LogP contribution in [0.25, 0.3) is 0 Å². The molecule has 4 saturated carbocycles. The van der Waals surface area contributed by atoms with Crippen LogP contribution in [0, 0.1) is 17.8 Å². The quantitative estimate of drug-likeness (QED) is 0.643. The van der Waals surface area contributed by atoms with E-state index in [4.69, 9.17) is 5.11 Å². The maximum atomic E-state index is 10.7. The monoisotopic (exact) mass is 208 g/mol. The van der Waals surface area contributed by atoms with Crippen LogP contribution in [-0.2, 0) is 4.79 Å². The molecule has 82 valence electrons. The van der Waals surface area contributed by atoms with Crippen molar-refractivity contribution >= 4 is 5.97 Å². The summed E-state index contributed by atoms with van der Waals surface area (Å²) in [6.45, 7) is 0. The van der Waals surface area contributed by atoms with Crippen molar-refractivity contribution < 1.29 is 15.0 Å². The molecule has 4 aliphatic rings. The maximum absolute atomic E-state index is 10.7. The van der Waals surface area contributed by atoms with Crippen LogP contribution in [0.5, 0.6) is 0 Å². The molecule has 2 unspecified atom stereocenters. The number of aliphatic hydroxyl groups is 1. The summed E-state index contributed by atoms with van der Waals surface area (Å²) >= 11 is 0. The largest absolute Gasteiger partial charge is 0.478 e. The normalized spacial score (nSPS) is 47.0. The van der Waals surface area contributed by atoms with Crippen LogP contribution >= 0.6 is 0 Å². The van der Waals surface area contributed by atoms with Crippen molar-refractivity contribution in [2.24, 2.45) is 17.8 Å². The second-order valence-corrected chi connectivity index (χ2v) is 5.55. The van der Waals surface area contributed by atoms with E-state index in [1.54, 1.807) is 0 Å². The predicted octanol–water partition coefficient (Wildman–Crippen LogP) is 1.57. The van der Waals surface area contributed by atoms with Crippen molar-refractivity contribution in [1.82, 2.24) is 0 Å². The van der Waals surface area contributed by atoms with Crippen LogP contribution < -0.4 is 0 Å². The Labute approximate surface area is 88.8 Å². The highest BCUT2D eigenvalue weighted by Gasteiger charge is 2.52. The van der Waals surface area contributed by atoms with E-state index >= 15 is 0 Å². The Morgan fingerprint density at radius 3 is 2.33 bits per heavy atom. The first-order valence-corrected chi connectivity index (χ1v) is 5.72. The third kappa shape index (κ3) is 1.41. The van der Waals surface area contributed by atoms with E-state index in [1.807, 2.05) is 0 Å². The first kappa shape index (κ1) is 9.40. The first-order valence-electron chi connectivity index (χ1n) is 5.72. The molecule has 0 aromatic carbocycles. The molecule has 2 N–H and O–H groups in total. The zero-order valence-electron chi connectivity index (χ0n) is 8.65. The Morgan fingerprint density at radius 2 is 1.87 bits per heavy atom. The highest BCUT2D eigenvalue weighted by molar-refractivity contribution is 5.81. The maximum Gasteiger partial charge on any atom is 0.328 e. The van der Waals surface area contributed by atoms with Crippen LogP contribution in [-0.4, -0.2) is 21.8 Å². The molecule has 3 nitrogen and oxygen atoms in total. The van der Waals surface area contributed by atoms with Crippen molar-refractivity contribution in [3.63, 3.8) is 0 Å². The van der Waals surface area contributed by atoms with Gasteiger partial charge in [0.25, 0.3) is 0 Å². The molecule has 0 aliphatic heterocycles. The number of allylic oxidation sites excluding steroid dienone is 1. The standard InChI is InChI=1S/C12H16O3/c13-11(14)3-10-8-1-7-2-9(10)6-12(15,4-7)5-8/h3,7-9,15H,1-2,4-6H2,(H,13,14). The Bertz CT molecular complexity index is 327. The predicted molar refractivity (Wildman–Crippen MR) is 54.2 cm³/mol. The van der Waals surface area contributed by atoms with Gasteiger partial charge in [-0.1, -0.05) is 5.57 Å². The first-order chi connectivity index (χ1) is 7.06. The zero-order chi connectivity index (χ0) is 10.6. The number of hydrogen-bond acceptors (Lipinski definition) is 2. The Morgan fingerprint density at radius 1 is 1.27 bits per heavy atom. The molecule has 0 heterocycles. The molecule has 3 heteroatoms. The van der Waals surface area contributed by atoms with E-state index in [2.05, 4.69) is 0 Å². The zero-order valence-corrected chi connectivity index (χ0v) is 8.65. The third-order valence-corrected chi connectivity index (χ3v) is 4.39. The lowest BCUT2D eigenvalue weighted by Crippen LogP contribution is -2.51. The van der Waals surface area contributed by atoms with Gasteiger partial charge in [0, 0.05) is 6.08 Å². The van der Waals surface area contributed by atoms with Gasteiger partial charge in [-0.3, -0.25) is 0 Å². The van der Waals surface area contributed by atoms with E-state index in [0.717, 1.165) is 37.7 Å². The minimum Gasteiger partial charge on any atom is -0.478 e. The van der Waals surface area contributed by atoms with Gasteiger partial charge >= 0.3 is 5.97 Å². The van der Waals surface area contributed by atoms with E-state index < -0.39 is 11.6 Å². The average molecular weight is 208 g/mol. The number of carbonyl (C=O) groups is 1. The second kappa shape index (κ2) is 2.85. The Hall–Kier alpha value is -0.830. The smallest absolute Gasteiger partial charge is 0.328 e. The van der Waals surface area contributed by atoms with Gasteiger partial charge in [0.05, 0.1) is 5.60 Å². The van der Waals surface area contributed by atoms with Crippen molar-refractivity contribution in [1.29, 1.82) is 0 Å². The van der Waals surface area contributed by atoms with E-state index in [0.29, 0.717) is 17.8 Å². The van der Waals surface area contributed by atoms with E-state index in [9.17, 15) is 9.90 Å². The number of hydrogen-bond donors (Lipinski definition) is 2. The summed E-state index contributed by atoms with van der Waals surface area (Å²) in [6, 6.07) is 0. The topological polar surface area (TPSA) is 57.5 Å². The molecule has 0 aromatic heterocycles. The SMILES string of the molecule is O=C(O)C=C1C2CC3CC1CC(O)(C3)C2. The van der Waals surface area contributed by atoms with Gasteiger partial charge in [0.15, 0.2) is 0 Å². The molecule has 15 heavy (non-hydrogen) atoms. The third-order valence-electron chi connectivity index (χ3n) is 4.39. The van der Waals surface area contributed by atoms with Crippen LogP contribution in [0.4, 0.5) is 0 Å². The summed E-state index contributed by atoms with van der Waals surface area (Å²) < 4.78 is 0. The molecule has 4 bridgehead atoms. The molecule has 0 spiro atoms. The number of carboxylic acid groups (broad SMARTS) is 1. The highest BCUT2D eigenvalue weighted by Crippen LogP contribution is 2.57. The average Bonchev–Trinajstić information content (AvgIpc) is 2.08. The van der Waals surface area contributed by atoms with Gasteiger partial charge in [-0.15, -0.1) is 0 Å². The lowest BCUT2D eigenvalue weighted by Gasteiger charge is -2.55. The lowest BCUT2D eigenvalue weighted by atomic mass is 9.52. The summed E-state index contributed by atoms with van der Waals surface area (Å²) in [5.41, 5.74) is 0.634. The van der Waals surface area contributed by atoms with Crippen molar-refractivity contribution in [3.8, 4) is 0 Å². The van der Waals surface area contributed by atoms with Gasteiger partial charge < -0.3 is 10.2 Å². The minimum absolute atomic E-state index is 0.345. The van der Waals surface area contributed by atoms with Gasteiger partial charge in [-0.2, -0.15) is 0 Å². The van der Waals surface area contributed by atoms with Gasteiger partial charge in [-0.25, -0.2) is 4.79 Å². The molecule has 4 rings (SSSR count). The molecule has 0 saturated heterocycles. The number of rotatable bonds is 1. The highest BCUT2D eigenvalue weighted by atomic mass is 16.4. The molecule has 0 amide bonds. The fourth-order valence-corrected chi connectivity index (χ4v) is 4.16. The summed E-state index contributed by atoms with van der Waals surface area (Å²) in [5.74, 6) is 0.498. The van der Waals surface area contributed by atoms with Gasteiger partial charge in [-0.05, 0) is 49.9 Å². The molecular weight excluding hydrogens is 192 g/mol. The summed E-state index contributed by atoms with van der Waals surface area (Å²) in [5, 5.41) is 19.1. The van der Waals surface area contributed by atoms with Crippen LogP contribution in [0.15, 0.2) is 11.6 Å². The Kier molecular flexibility index (Phi) is 1.78. The summed E-state index contributed by atoms with van der Waals surface area (Å²) in [6.07, 6.45) is 6.12. The van der Waals surface area contributed by atoms with Crippen molar-refractivity contribution in [2.45, 2.75) is 37.7 Å².